The molecule has 2 heterocycles. The summed E-state index contributed by atoms with van der Waals surface area (Å²) >= 11 is 1.63. The summed E-state index contributed by atoms with van der Waals surface area (Å²) in [6.07, 6.45) is 6.98. The molecule has 3 aromatic carbocycles. The topological polar surface area (TPSA) is 149 Å². The Hall–Kier alpha value is -4.24. The first-order chi connectivity index (χ1) is 23.2. The number of morpholine rings is 1. The Kier molecular flexibility index (Phi) is 12.2. The minimum Gasteiger partial charge on any atom is -0.379 e. The van der Waals surface area contributed by atoms with E-state index in [1.807, 2.05) is 41.2 Å². The van der Waals surface area contributed by atoms with Crippen molar-refractivity contribution in [3.8, 4) is 11.1 Å². The molecule has 0 saturated carbocycles. The third kappa shape index (κ3) is 9.66. The number of ether oxygens (including phenoxy) is 1. The number of hydrogen-bond acceptors (Lipinski definition) is 10. The molecular formula is C34H40N6O6S2. The van der Waals surface area contributed by atoms with Crippen molar-refractivity contribution < 1.29 is 22.9 Å². The predicted molar refractivity (Wildman–Crippen MR) is 187 cm³/mol. The van der Waals surface area contributed by atoms with Crippen molar-refractivity contribution in [2.75, 3.05) is 43.9 Å². The standard InChI is InChI=1S/C34H40N6O6S2/c1-2-3-7-16-39-23-28(22-35-39)26-10-12-27(13-11-26)34(41)37-48(44,45)31-14-15-32(33(21-31)40(42)43)36-29(24-38-17-19-46-20-18-38)25-47-30-8-5-4-6-9-30/h4-6,8-15,21-23,29,36H,2-3,7,16-20,24-25H2,1H3,(H,37,41). The van der Waals surface area contributed by atoms with E-state index in [-0.39, 0.29) is 22.2 Å². The Balaban J connectivity index is 1.27. The van der Waals surface area contributed by atoms with Gasteiger partial charge in [0.1, 0.15) is 5.69 Å². The lowest BCUT2D eigenvalue weighted by Gasteiger charge is -2.31. The average molecular weight is 693 g/mol. The number of hydrogen-bond donors (Lipinski definition) is 2. The molecule has 0 aliphatic carbocycles. The van der Waals surface area contributed by atoms with Crippen LogP contribution in [-0.2, 0) is 21.3 Å². The van der Waals surface area contributed by atoms with Gasteiger partial charge in [0.25, 0.3) is 21.6 Å². The zero-order valence-electron chi connectivity index (χ0n) is 26.8. The number of aromatic nitrogens is 2. The quantitative estimate of drug-likeness (QED) is 0.0651. The second-order valence-corrected chi connectivity index (χ2v) is 14.3. The van der Waals surface area contributed by atoms with Crippen LogP contribution in [0.3, 0.4) is 0 Å². The van der Waals surface area contributed by atoms with Crippen LogP contribution in [0, 0.1) is 10.1 Å². The first-order valence-corrected chi connectivity index (χ1v) is 18.4. The third-order valence-electron chi connectivity index (χ3n) is 7.94. The number of carbonyl (C=O) groups excluding carboxylic acids is 1. The molecule has 1 unspecified atom stereocenters. The van der Waals surface area contributed by atoms with Gasteiger partial charge in [0, 0.05) is 66.3 Å². The van der Waals surface area contributed by atoms with Gasteiger partial charge in [-0.1, -0.05) is 50.1 Å². The number of sulfonamides is 1. The van der Waals surface area contributed by atoms with E-state index in [0.717, 1.165) is 61.0 Å². The first-order valence-electron chi connectivity index (χ1n) is 15.9. The maximum Gasteiger partial charge on any atom is 0.293 e. The summed E-state index contributed by atoms with van der Waals surface area (Å²) in [6, 6.07) is 19.8. The lowest BCUT2D eigenvalue weighted by Crippen LogP contribution is -2.44. The van der Waals surface area contributed by atoms with Crippen molar-refractivity contribution in [3.63, 3.8) is 0 Å². The summed E-state index contributed by atoms with van der Waals surface area (Å²) in [6.45, 7) is 6.32. The molecule has 48 heavy (non-hydrogen) atoms. The van der Waals surface area contributed by atoms with Crippen molar-refractivity contribution in [1.82, 2.24) is 19.4 Å². The number of anilines is 1. The number of nitrogens with zero attached hydrogens (tertiary/aromatic N) is 4. The van der Waals surface area contributed by atoms with Gasteiger partial charge in [-0.3, -0.25) is 24.5 Å². The fourth-order valence-electron chi connectivity index (χ4n) is 5.33. The molecule has 1 fully saturated rings. The summed E-state index contributed by atoms with van der Waals surface area (Å²) in [4.78, 5) is 27.4. The number of carbonyl (C=O) groups is 1. The second-order valence-electron chi connectivity index (χ2n) is 11.5. The van der Waals surface area contributed by atoms with Crippen molar-refractivity contribution in [2.24, 2.45) is 0 Å². The van der Waals surface area contributed by atoms with Crippen LogP contribution in [0.1, 0.15) is 36.5 Å². The maximum absolute atomic E-state index is 13.2. The van der Waals surface area contributed by atoms with E-state index in [2.05, 4.69) is 27.0 Å². The van der Waals surface area contributed by atoms with Crippen LogP contribution in [0.4, 0.5) is 11.4 Å². The fraction of sp³-hybridized carbons (Fsp3) is 0.353. The van der Waals surface area contributed by atoms with E-state index < -0.39 is 26.5 Å². The maximum atomic E-state index is 13.2. The van der Waals surface area contributed by atoms with Crippen LogP contribution in [0.5, 0.6) is 0 Å². The Morgan fingerprint density at radius 1 is 1.04 bits per heavy atom. The van der Waals surface area contributed by atoms with E-state index in [1.165, 1.54) is 24.3 Å². The third-order valence-corrected chi connectivity index (χ3v) is 10.4. The number of rotatable bonds is 16. The molecule has 0 spiro atoms. The fourth-order valence-corrected chi connectivity index (χ4v) is 7.26. The second kappa shape index (κ2) is 16.7. The van der Waals surface area contributed by atoms with Crippen LogP contribution in [0.25, 0.3) is 11.1 Å². The highest BCUT2D eigenvalue weighted by Gasteiger charge is 2.26. The molecular weight excluding hydrogens is 653 g/mol. The van der Waals surface area contributed by atoms with Crippen LogP contribution in [0.2, 0.25) is 0 Å². The van der Waals surface area contributed by atoms with Crippen molar-refractivity contribution in [3.05, 3.63) is 101 Å². The molecule has 5 rings (SSSR count). The molecule has 254 valence electrons. The normalized spacial score (nSPS) is 14.4. The largest absolute Gasteiger partial charge is 0.379 e. The Bertz CT molecular complexity index is 1780. The molecule has 1 aromatic heterocycles. The average Bonchev–Trinajstić information content (AvgIpc) is 3.57. The molecule has 0 radical (unpaired) electrons. The summed E-state index contributed by atoms with van der Waals surface area (Å²) < 4.78 is 35.9. The molecule has 12 nitrogen and oxygen atoms in total. The molecule has 14 heteroatoms. The van der Waals surface area contributed by atoms with Gasteiger partial charge >= 0.3 is 0 Å². The van der Waals surface area contributed by atoms with Gasteiger partial charge in [-0.2, -0.15) is 5.10 Å². The van der Waals surface area contributed by atoms with Gasteiger partial charge in [-0.25, -0.2) is 13.1 Å². The van der Waals surface area contributed by atoms with Crippen molar-refractivity contribution in [2.45, 2.75) is 48.6 Å². The molecule has 0 bridgehead atoms. The number of benzene rings is 3. The van der Waals surface area contributed by atoms with Crippen molar-refractivity contribution >= 4 is 39.1 Å². The predicted octanol–water partition coefficient (Wildman–Crippen LogP) is 5.67. The summed E-state index contributed by atoms with van der Waals surface area (Å²) in [7, 11) is -4.42. The number of unbranched alkanes of at least 4 members (excludes halogenated alkanes) is 2. The highest BCUT2D eigenvalue weighted by atomic mass is 32.2. The van der Waals surface area contributed by atoms with E-state index >= 15 is 0 Å². The van der Waals surface area contributed by atoms with Crippen LogP contribution < -0.4 is 10.0 Å². The van der Waals surface area contributed by atoms with Crippen LogP contribution >= 0.6 is 11.8 Å². The number of nitrogens with one attached hydrogen (secondary N) is 2. The van der Waals surface area contributed by atoms with Gasteiger partial charge < -0.3 is 10.1 Å². The van der Waals surface area contributed by atoms with Gasteiger partial charge in [-0.05, 0) is 48.4 Å². The lowest BCUT2D eigenvalue weighted by molar-refractivity contribution is -0.384. The Morgan fingerprint density at radius 3 is 2.50 bits per heavy atom. The molecule has 4 aromatic rings. The van der Waals surface area contributed by atoms with Gasteiger partial charge in [0.2, 0.25) is 0 Å². The van der Waals surface area contributed by atoms with Gasteiger partial charge in [0.15, 0.2) is 0 Å². The summed E-state index contributed by atoms with van der Waals surface area (Å²) in [5.41, 5.74) is 1.65. The Morgan fingerprint density at radius 2 is 1.79 bits per heavy atom. The highest BCUT2D eigenvalue weighted by molar-refractivity contribution is 7.99. The van der Waals surface area contributed by atoms with Gasteiger partial charge in [0.05, 0.1) is 29.2 Å². The number of nitro benzene ring substituents is 1. The minimum absolute atomic E-state index is 0.132. The molecule has 2 N–H and O–H groups in total. The van der Waals surface area contributed by atoms with E-state index in [9.17, 15) is 23.3 Å². The van der Waals surface area contributed by atoms with E-state index in [1.54, 1.807) is 30.1 Å². The van der Waals surface area contributed by atoms with Crippen molar-refractivity contribution in [1.29, 1.82) is 0 Å². The number of thioether (sulfide) groups is 1. The van der Waals surface area contributed by atoms with Crippen LogP contribution in [0.15, 0.2) is 95.0 Å². The smallest absolute Gasteiger partial charge is 0.293 e. The SMILES string of the molecule is CCCCCn1cc(-c2ccc(C(=O)NS(=O)(=O)c3ccc(NC(CSc4ccccc4)CN4CCOCC4)c([N+](=O)[O-])c3)cc2)cn1. The zero-order chi connectivity index (χ0) is 33.9. The molecule has 1 saturated heterocycles. The van der Waals surface area contributed by atoms with Gasteiger partial charge in [-0.15, -0.1) is 11.8 Å². The van der Waals surface area contributed by atoms with E-state index in [0.29, 0.717) is 25.5 Å². The molecule has 1 atom stereocenters. The summed E-state index contributed by atoms with van der Waals surface area (Å²) in [5, 5.41) is 19.8. The number of nitro groups is 1. The lowest BCUT2D eigenvalue weighted by atomic mass is 10.1. The molecule has 1 aliphatic rings. The number of amides is 1. The monoisotopic (exact) mass is 692 g/mol. The number of aryl methyl sites for hydroxylation is 1. The first kappa shape index (κ1) is 35.1. The molecule has 1 amide bonds. The Labute approximate surface area is 285 Å². The highest BCUT2D eigenvalue weighted by Crippen LogP contribution is 2.30. The zero-order valence-corrected chi connectivity index (χ0v) is 28.4. The minimum atomic E-state index is -4.42. The summed E-state index contributed by atoms with van der Waals surface area (Å²) in [5.74, 6) is -0.223. The van der Waals surface area contributed by atoms with E-state index in [4.69, 9.17) is 4.74 Å². The molecule has 1 aliphatic heterocycles. The van der Waals surface area contributed by atoms with Crippen LogP contribution in [-0.4, -0.2) is 78.6 Å².